The van der Waals surface area contributed by atoms with E-state index in [0.717, 1.165) is 43.1 Å². The number of amides is 1. The second-order valence-corrected chi connectivity index (χ2v) is 5.42. The molecule has 5 heteroatoms. The smallest absolute Gasteiger partial charge is 0.271 e. The first-order valence-electron chi connectivity index (χ1n) is 7.26. The van der Waals surface area contributed by atoms with Crippen LogP contribution in [0, 0.1) is 0 Å². The van der Waals surface area contributed by atoms with Crippen molar-refractivity contribution in [3.05, 3.63) is 41.7 Å². The summed E-state index contributed by atoms with van der Waals surface area (Å²) >= 11 is 0. The van der Waals surface area contributed by atoms with Crippen LogP contribution in [0.4, 0.5) is 0 Å². The Labute approximate surface area is 124 Å². The summed E-state index contributed by atoms with van der Waals surface area (Å²) < 4.78 is 2.20. The molecule has 2 aromatic rings. The SMILES string of the molecule is CNC(=O)c1nc(-c2ccccc2)n2c1CN(C)CCC2. The van der Waals surface area contributed by atoms with Crippen molar-refractivity contribution < 1.29 is 4.79 Å². The van der Waals surface area contributed by atoms with Crippen LogP contribution in [-0.2, 0) is 13.1 Å². The molecule has 0 saturated heterocycles. The quantitative estimate of drug-likeness (QED) is 0.914. The average Bonchev–Trinajstić information content (AvgIpc) is 2.74. The molecule has 5 nitrogen and oxygen atoms in total. The lowest BCUT2D eigenvalue weighted by Gasteiger charge is -2.12. The van der Waals surface area contributed by atoms with Crippen LogP contribution >= 0.6 is 0 Å². The molecule has 0 aliphatic carbocycles. The molecule has 1 aliphatic heterocycles. The lowest BCUT2D eigenvalue weighted by Crippen LogP contribution is -2.23. The molecular weight excluding hydrogens is 264 g/mol. The van der Waals surface area contributed by atoms with Crippen LogP contribution in [0.25, 0.3) is 11.4 Å². The Morgan fingerprint density at radius 1 is 1.24 bits per heavy atom. The molecule has 0 atom stereocenters. The Bertz CT molecular complexity index is 648. The summed E-state index contributed by atoms with van der Waals surface area (Å²) in [6, 6.07) is 10.1. The van der Waals surface area contributed by atoms with E-state index < -0.39 is 0 Å². The summed E-state index contributed by atoms with van der Waals surface area (Å²) in [5, 5.41) is 2.70. The molecule has 0 unspecified atom stereocenters. The fourth-order valence-electron chi connectivity index (χ4n) is 2.83. The summed E-state index contributed by atoms with van der Waals surface area (Å²) in [6.45, 7) is 2.68. The number of imidazole rings is 1. The number of carbonyl (C=O) groups is 1. The normalized spacial score (nSPS) is 15.3. The number of benzene rings is 1. The van der Waals surface area contributed by atoms with Crippen molar-refractivity contribution in [2.45, 2.75) is 19.5 Å². The maximum atomic E-state index is 12.1. The summed E-state index contributed by atoms with van der Waals surface area (Å²) in [5.41, 5.74) is 2.61. The first-order chi connectivity index (χ1) is 10.2. The van der Waals surface area contributed by atoms with E-state index in [9.17, 15) is 4.79 Å². The van der Waals surface area contributed by atoms with Crippen LogP contribution < -0.4 is 5.32 Å². The standard InChI is InChI=1S/C16H20N4O/c1-17-16(21)14-13-11-19(2)9-6-10-20(13)15(18-14)12-7-4-3-5-8-12/h3-5,7-8H,6,9-11H2,1-2H3,(H,17,21). The van der Waals surface area contributed by atoms with Crippen molar-refractivity contribution in [3.63, 3.8) is 0 Å². The van der Waals surface area contributed by atoms with Crippen LogP contribution in [0.3, 0.4) is 0 Å². The second kappa shape index (κ2) is 5.69. The van der Waals surface area contributed by atoms with Gasteiger partial charge < -0.3 is 14.8 Å². The Hall–Kier alpha value is -2.14. The molecule has 1 amide bonds. The van der Waals surface area contributed by atoms with Gasteiger partial charge in [-0.2, -0.15) is 0 Å². The van der Waals surface area contributed by atoms with E-state index in [0.29, 0.717) is 5.69 Å². The number of carbonyl (C=O) groups excluding carboxylic acids is 1. The minimum Gasteiger partial charge on any atom is -0.354 e. The Morgan fingerprint density at radius 2 is 2.00 bits per heavy atom. The molecule has 21 heavy (non-hydrogen) atoms. The van der Waals surface area contributed by atoms with Crippen LogP contribution in [0.2, 0.25) is 0 Å². The van der Waals surface area contributed by atoms with Gasteiger partial charge in [-0.25, -0.2) is 4.98 Å². The van der Waals surface area contributed by atoms with Crippen molar-refractivity contribution >= 4 is 5.91 Å². The maximum absolute atomic E-state index is 12.1. The zero-order valence-electron chi connectivity index (χ0n) is 12.5. The molecule has 0 spiro atoms. The third-order valence-corrected chi connectivity index (χ3v) is 3.89. The second-order valence-electron chi connectivity index (χ2n) is 5.42. The molecular formula is C16H20N4O. The van der Waals surface area contributed by atoms with E-state index in [4.69, 9.17) is 0 Å². The predicted molar refractivity (Wildman–Crippen MR) is 82.0 cm³/mol. The highest BCUT2D eigenvalue weighted by Gasteiger charge is 2.24. The molecule has 3 rings (SSSR count). The van der Waals surface area contributed by atoms with Crippen LogP contribution in [0.15, 0.2) is 30.3 Å². The van der Waals surface area contributed by atoms with Crippen LogP contribution in [-0.4, -0.2) is 41.0 Å². The zero-order valence-corrected chi connectivity index (χ0v) is 12.5. The maximum Gasteiger partial charge on any atom is 0.271 e. The number of nitrogens with one attached hydrogen (secondary N) is 1. The van der Waals surface area contributed by atoms with Gasteiger partial charge in [0, 0.05) is 25.7 Å². The molecule has 1 N–H and O–H groups in total. The molecule has 1 aromatic heterocycles. The predicted octanol–water partition coefficient (Wildman–Crippen LogP) is 1.75. The number of hydrogen-bond donors (Lipinski definition) is 1. The highest BCUT2D eigenvalue weighted by atomic mass is 16.1. The van der Waals surface area contributed by atoms with Gasteiger partial charge in [0.2, 0.25) is 0 Å². The minimum absolute atomic E-state index is 0.115. The zero-order chi connectivity index (χ0) is 14.8. The topological polar surface area (TPSA) is 50.2 Å². The van der Waals surface area contributed by atoms with Crippen molar-refractivity contribution in [2.75, 3.05) is 20.6 Å². The Balaban J connectivity index is 2.16. The molecule has 0 bridgehead atoms. The molecule has 0 fully saturated rings. The van der Waals surface area contributed by atoms with E-state index in [1.807, 2.05) is 30.3 Å². The average molecular weight is 284 g/mol. The van der Waals surface area contributed by atoms with E-state index in [1.165, 1.54) is 0 Å². The Kier molecular flexibility index (Phi) is 3.75. The van der Waals surface area contributed by atoms with E-state index in [-0.39, 0.29) is 5.91 Å². The molecule has 1 aliphatic rings. The summed E-state index contributed by atoms with van der Waals surface area (Å²) in [7, 11) is 3.73. The molecule has 0 saturated carbocycles. The number of fused-ring (bicyclic) bond motifs is 1. The number of hydrogen-bond acceptors (Lipinski definition) is 3. The summed E-state index contributed by atoms with van der Waals surface area (Å²) in [4.78, 5) is 19.0. The molecule has 2 heterocycles. The largest absolute Gasteiger partial charge is 0.354 e. The monoisotopic (exact) mass is 284 g/mol. The van der Waals surface area contributed by atoms with Gasteiger partial charge in [0.05, 0.1) is 5.69 Å². The minimum atomic E-state index is -0.115. The van der Waals surface area contributed by atoms with E-state index in [2.05, 4.69) is 26.8 Å². The van der Waals surface area contributed by atoms with Crippen molar-refractivity contribution in [1.82, 2.24) is 19.8 Å². The van der Waals surface area contributed by atoms with Gasteiger partial charge in [-0.15, -0.1) is 0 Å². The van der Waals surface area contributed by atoms with Crippen molar-refractivity contribution in [1.29, 1.82) is 0 Å². The summed E-state index contributed by atoms with van der Waals surface area (Å²) in [5.74, 6) is 0.774. The third kappa shape index (κ3) is 2.56. The van der Waals surface area contributed by atoms with Gasteiger partial charge in [-0.1, -0.05) is 30.3 Å². The number of rotatable bonds is 2. The molecule has 0 radical (unpaired) electrons. The van der Waals surface area contributed by atoms with Gasteiger partial charge >= 0.3 is 0 Å². The van der Waals surface area contributed by atoms with Crippen LogP contribution in [0.5, 0.6) is 0 Å². The fraction of sp³-hybridized carbons (Fsp3) is 0.375. The lowest BCUT2D eigenvalue weighted by atomic mass is 10.2. The first-order valence-corrected chi connectivity index (χ1v) is 7.26. The van der Waals surface area contributed by atoms with Gasteiger partial charge in [-0.3, -0.25) is 4.79 Å². The third-order valence-electron chi connectivity index (χ3n) is 3.89. The van der Waals surface area contributed by atoms with E-state index >= 15 is 0 Å². The first kappa shape index (κ1) is 13.8. The van der Waals surface area contributed by atoms with Crippen molar-refractivity contribution in [3.8, 4) is 11.4 Å². The molecule has 1 aromatic carbocycles. The highest BCUT2D eigenvalue weighted by Crippen LogP contribution is 2.25. The van der Waals surface area contributed by atoms with Gasteiger partial charge in [-0.05, 0) is 20.0 Å². The van der Waals surface area contributed by atoms with E-state index in [1.54, 1.807) is 7.05 Å². The molecule has 110 valence electrons. The lowest BCUT2D eigenvalue weighted by molar-refractivity contribution is 0.0956. The van der Waals surface area contributed by atoms with Gasteiger partial charge in [0.25, 0.3) is 5.91 Å². The van der Waals surface area contributed by atoms with Gasteiger partial charge in [0.15, 0.2) is 5.69 Å². The van der Waals surface area contributed by atoms with Gasteiger partial charge in [0.1, 0.15) is 5.82 Å². The van der Waals surface area contributed by atoms with Crippen LogP contribution in [0.1, 0.15) is 22.6 Å². The van der Waals surface area contributed by atoms with Crippen molar-refractivity contribution in [2.24, 2.45) is 0 Å². The fourth-order valence-corrected chi connectivity index (χ4v) is 2.83. The highest BCUT2D eigenvalue weighted by molar-refractivity contribution is 5.94. The number of nitrogens with zero attached hydrogens (tertiary/aromatic N) is 3. The summed E-state index contributed by atoms with van der Waals surface area (Å²) in [6.07, 6.45) is 1.06. The number of aromatic nitrogens is 2. The Morgan fingerprint density at radius 3 is 2.71 bits per heavy atom.